The monoisotopic (exact) mass is 207 g/mol. The Hall–Kier alpha value is -1.71. The molecule has 0 N–H and O–H groups in total. The molecule has 78 valence electrons. The molecule has 4 heteroatoms. The van der Waals surface area contributed by atoms with Gasteiger partial charge in [-0.2, -0.15) is 0 Å². The summed E-state index contributed by atoms with van der Waals surface area (Å²) in [6.07, 6.45) is 7.24. The number of nitrogens with zero attached hydrogens (tertiary/aromatic N) is 1. The summed E-state index contributed by atoms with van der Waals surface area (Å²) in [5.41, 5.74) is -0.884. The number of esters is 1. The van der Waals surface area contributed by atoms with Crippen LogP contribution >= 0.6 is 0 Å². The second-order valence-electron chi connectivity index (χ2n) is 3.25. The van der Waals surface area contributed by atoms with E-state index in [1.54, 1.807) is 25.3 Å². The SMILES string of the molecule is CCOC(=O)C1(F)C=CC2=CC=NC2=C1. The normalized spacial score (nSPS) is 27.1. The lowest BCUT2D eigenvalue weighted by molar-refractivity contribution is -0.151. The predicted molar refractivity (Wildman–Crippen MR) is 54.3 cm³/mol. The second kappa shape index (κ2) is 3.46. The number of carbonyl (C=O) groups excluding carboxylic acids is 1. The molecule has 0 amide bonds. The van der Waals surface area contributed by atoms with Gasteiger partial charge < -0.3 is 4.74 Å². The van der Waals surface area contributed by atoms with Crippen molar-refractivity contribution in [3.05, 3.63) is 35.6 Å². The van der Waals surface area contributed by atoms with Crippen molar-refractivity contribution in [1.29, 1.82) is 0 Å². The van der Waals surface area contributed by atoms with Crippen molar-refractivity contribution in [1.82, 2.24) is 0 Å². The second-order valence-corrected chi connectivity index (χ2v) is 3.25. The molecule has 0 saturated heterocycles. The molecule has 1 aliphatic carbocycles. The molecule has 2 aliphatic rings. The minimum absolute atomic E-state index is 0.160. The Morgan fingerprint density at radius 2 is 2.47 bits per heavy atom. The van der Waals surface area contributed by atoms with Gasteiger partial charge in [-0.25, -0.2) is 9.18 Å². The van der Waals surface area contributed by atoms with Crippen molar-refractivity contribution in [3.8, 4) is 0 Å². The molecule has 1 unspecified atom stereocenters. The van der Waals surface area contributed by atoms with Gasteiger partial charge in [0, 0.05) is 11.8 Å². The van der Waals surface area contributed by atoms with Gasteiger partial charge in [0.25, 0.3) is 0 Å². The quantitative estimate of drug-likeness (QED) is 0.647. The average Bonchev–Trinajstić information content (AvgIpc) is 2.65. The number of alkyl halides is 1. The molecule has 1 atom stereocenters. The zero-order valence-corrected chi connectivity index (χ0v) is 8.24. The molecule has 0 saturated carbocycles. The zero-order valence-electron chi connectivity index (χ0n) is 8.24. The van der Waals surface area contributed by atoms with Crippen LogP contribution in [0, 0.1) is 0 Å². The number of ether oxygens (including phenoxy) is 1. The van der Waals surface area contributed by atoms with Crippen LogP contribution in [-0.4, -0.2) is 24.5 Å². The largest absolute Gasteiger partial charge is 0.463 e. The first-order valence-corrected chi connectivity index (χ1v) is 4.68. The highest BCUT2D eigenvalue weighted by molar-refractivity contribution is 5.89. The van der Waals surface area contributed by atoms with Crippen LogP contribution in [0.25, 0.3) is 0 Å². The molecule has 0 bridgehead atoms. The summed E-state index contributed by atoms with van der Waals surface area (Å²) in [4.78, 5) is 15.3. The van der Waals surface area contributed by atoms with E-state index in [4.69, 9.17) is 0 Å². The molecule has 1 aliphatic heterocycles. The average molecular weight is 207 g/mol. The van der Waals surface area contributed by atoms with E-state index in [1.165, 1.54) is 12.2 Å². The lowest BCUT2D eigenvalue weighted by atomic mass is 9.95. The predicted octanol–water partition coefficient (Wildman–Crippen LogP) is 1.72. The fraction of sp³-hybridized carbons (Fsp3) is 0.273. The van der Waals surface area contributed by atoms with Crippen LogP contribution in [0.1, 0.15) is 6.92 Å². The molecule has 0 aromatic heterocycles. The number of hydrogen-bond acceptors (Lipinski definition) is 3. The van der Waals surface area contributed by atoms with Crippen LogP contribution in [0.15, 0.2) is 40.6 Å². The molecule has 0 radical (unpaired) electrons. The fourth-order valence-electron chi connectivity index (χ4n) is 1.45. The Labute approximate surface area is 86.6 Å². The van der Waals surface area contributed by atoms with E-state index in [1.807, 2.05) is 0 Å². The third-order valence-corrected chi connectivity index (χ3v) is 2.20. The minimum atomic E-state index is -2.18. The first kappa shape index (κ1) is 9.83. The Kier molecular flexibility index (Phi) is 2.26. The summed E-state index contributed by atoms with van der Waals surface area (Å²) in [5, 5.41) is 0. The van der Waals surface area contributed by atoms with E-state index in [-0.39, 0.29) is 6.61 Å². The summed E-state index contributed by atoms with van der Waals surface area (Å²) in [6, 6.07) is 0. The van der Waals surface area contributed by atoms with E-state index < -0.39 is 11.6 Å². The van der Waals surface area contributed by atoms with Crippen molar-refractivity contribution in [2.24, 2.45) is 4.99 Å². The van der Waals surface area contributed by atoms with Gasteiger partial charge in [-0.05, 0) is 25.2 Å². The van der Waals surface area contributed by atoms with Crippen molar-refractivity contribution in [3.63, 3.8) is 0 Å². The van der Waals surface area contributed by atoms with Crippen molar-refractivity contribution < 1.29 is 13.9 Å². The number of allylic oxidation sites excluding steroid dienone is 2. The lowest BCUT2D eigenvalue weighted by Gasteiger charge is -2.19. The van der Waals surface area contributed by atoms with Crippen LogP contribution < -0.4 is 0 Å². The van der Waals surface area contributed by atoms with Gasteiger partial charge >= 0.3 is 5.97 Å². The number of aliphatic imine (C=N–C) groups is 1. The molecule has 3 nitrogen and oxygen atoms in total. The van der Waals surface area contributed by atoms with Crippen LogP contribution in [0.4, 0.5) is 4.39 Å². The van der Waals surface area contributed by atoms with E-state index in [2.05, 4.69) is 9.73 Å². The van der Waals surface area contributed by atoms with Gasteiger partial charge in [0.1, 0.15) is 0 Å². The molecule has 15 heavy (non-hydrogen) atoms. The third-order valence-electron chi connectivity index (χ3n) is 2.20. The van der Waals surface area contributed by atoms with Gasteiger partial charge in [0.2, 0.25) is 5.67 Å². The minimum Gasteiger partial charge on any atom is -0.463 e. The molecule has 0 fully saturated rings. The maximum absolute atomic E-state index is 14.1. The number of halogens is 1. The standard InChI is InChI=1S/C11H10FNO2/c1-2-15-10(14)11(12)5-3-8-4-6-13-9(8)7-11/h3-7H,2H2,1H3. The van der Waals surface area contributed by atoms with Crippen molar-refractivity contribution >= 4 is 12.2 Å². The van der Waals surface area contributed by atoms with E-state index in [0.29, 0.717) is 5.70 Å². The summed E-state index contributed by atoms with van der Waals surface area (Å²) >= 11 is 0. The summed E-state index contributed by atoms with van der Waals surface area (Å²) in [5.74, 6) is -0.894. The summed E-state index contributed by atoms with van der Waals surface area (Å²) in [7, 11) is 0. The van der Waals surface area contributed by atoms with E-state index in [0.717, 1.165) is 5.57 Å². The maximum Gasteiger partial charge on any atom is 0.352 e. The Bertz CT molecular complexity index is 420. The highest BCUT2D eigenvalue weighted by atomic mass is 19.1. The molecule has 0 spiro atoms. The number of fused-ring (bicyclic) bond motifs is 1. The molecule has 0 aromatic rings. The highest BCUT2D eigenvalue weighted by Gasteiger charge is 2.38. The van der Waals surface area contributed by atoms with E-state index in [9.17, 15) is 9.18 Å². The van der Waals surface area contributed by atoms with Crippen LogP contribution in [0.5, 0.6) is 0 Å². The van der Waals surface area contributed by atoms with Gasteiger partial charge in [-0.15, -0.1) is 0 Å². The highest BCUT2D eigenvalue weighted by Crippen LogP contribution is 2.31. The smallest absolute Gasteiger partial charge is 0.352 e. The Balaban J connectivity index is 2.28. The maximum atomic E-state index is 14.1. The number of rotatable bonds is 2. The van der Waals surface area contributed by atoms with E-state index >= 15 is 0 Å². The molecular weight excluding hydrogens is 197 g/mol. The summed E-state index contributed by atoms with van der Waals surface area (Å²) < 4.78 is 18.7. The van der Waals surface area contributed by atoms with Crippen molar-refractivity contribution in [2.75, 3.05) is 6.61 Å². The van der Waals surface area contributed by atoms with Crippen LogP contribution in [0.2, 0.25) is 0 Å². The molecule has 0 aromatic carbocycles. The third kappa shape index (κ3) is 1.63. The van der Waals surface area contributed by atoms with Crippen LogP contribution in [-0.2, 0) is 9.53 Å². The first-order chi connectivity index (χ1) is 7.15. The van der Waals surface area contributed by atoms with Gasteiger partial charge in [0.15, 0.2) is 0 Å². The number of hydrogen-bond donors (Lipinski definition) is 0. The lowest BCUT2D eigenvalue weighted by Crippen LogP contribution is -2.33. The molecule has 2 rings (SSSR count). The van der Waals surface area contributed by atoms with Crippen molar-refractivity contribution in [2.45, 2.75) is 12.6 Å². The Morgan fingerprint density at radius 3 is 3.20 bits per heavy atom. The number of carbonyl (C=O) groups is 1. The molecular formula is C11H10FNO2. The Morgan fingerprint density at radius 1 is 1.67 bits per heavy atom. The summed E-state index contributed by atoms with van der Waals surface area (Å²) in [6.45, 7) is 1.80. The molecule has 1 heterocycles. The zero-order chi connectivity index (χ0) is 10.9. The van der Waals surface area contributed by atoms with Gasteiger partial charge in [-0.1, -0.05) is 6.08 Å². The van der Waals surface area contributed by atoms with Crippen LogP contribution in [0.3, 0.4) is 0 Å². The van der Waals surface area contributed by atoms with Gasteiger partial charge in [0.05, 0.1) is 12.3 Å². The topological polar surface area (TPSA) is 38.7 Å². The van der Waals surface area contributed by atoms with Gasteiger partial charge in [-0.3, -0.25) is 4.99 Å². The fourth-order valence-corrected chi connectivity index (χ4v) is 1.45. The first-order valence-electron chi connectivity index (χ1n) is 4.68.